The molecule has 1 unspecified atom stereocenters. The number of rotatable bonds is 7. The van der Waals surface area contributed by atoms with Crippen LogP contribution in [0.25, 0.3) is 0 Å². The van der Waals surface area contributed by atoms with E-state index in [1.165, 1.54) is 12.1 Å². The van der Waals surface area contributed by atoms with E-state index in [0.717, 1.165) is 6.07 Å². The SMILES string of the molecule is CC(C)N(C)c1cc(C(=O)NNC(=O)c2cc(F)c(OCC3COC(C)(C)N3C)cc2Cl)cc(Cl)n1. The first kappa shape index (κ1) is 27.9. The summed E-state index contributed by atoms with van der Waals surface area (Å²) in [6.45, 7) is 8.41. The summed E-state index contributed by atoms with van der Waals surface area (Å²) >= 11 is 12.3. The van der Waals surface area contributed by atoms with Gasteiger partial charge in [0.15, 0.2) is 11.6 Å². The highest BCUT2D eigenvalue weighted by Crippen LogP contribution is 2.29. The number of benzene rings is 1. The lowest BCUT2D eigenvalue weighted by Gasteiger charge is -2.29. The van der Waals surface area contributed by atoms with Crippen LogP contribution in [-0.4, -0.2) is 66.8 Å². The number of carbonyl (C=O) groups excluding carboxylic acids is 2. The van der Waals surface area contributed by atoms with Gasteiger partial charge in [-0.25, -0.2) is 9.37 Å². The van der Waals surface area contributed by atoms with Crippen LogP contribution in [0.3, 0.4) is 0 Å². The molecule has 2 aromatic rings. The van der Waals surface area contributed by atoms with E-state index in [9.17, 15) is 14.0 Å². The molecule has 1 atom stereocenters. The first-order valence-electron chi connectivity index (χ1n) is 11.3. The average Bonchev–Trinajstić information content (AvgIpc) is 3.08. The fourth-order valence-corrected chi connectivity index (χ4v) is 3.87. The predicted octanol–water partition coefficient (Wildman–Crippen LogP) is 3.89. The first-order chi connectivity index (χ1) is 16.8. The Labute approximate surface area is 219 Å². The van der Waals surface area contributed by atoms with Crippen molar-refractivity contribution in [2.24, 2.45) is 0 Å². The molecule has 1 aromatic heterocycles. The van der Waals surface area contributed by atoms with Crippen molar-refractivity contribution in [3.8, 4) is 5.75 Å². The summed E-state index contributed by atoms with van der Waals surface area (Å²) in [6, 6.07) is 5.14. The molecule has 0 spiro atoms. The van der Waals surface area contributed by atoms with Gasteiger partial charge in [0.05, 0.1) is 23.2 Å². The Morgan fingerprint density at radius 1 is 1.25 bits per heavy atom. The largest absolute Gasteiger partial charge is 0.489 e. The minimum Gasteiger partial charge on any atom is -0.489 e. The zero-order valence-corrected chi connectivity index (χ0v) is 22.5. The van der Waals surface area contributed by atoms with E-state index in [2.05, 4.69) is 15.8 Å². The summed E-state index contributed by atoms with van der Waals surface area (Å²) in [4.78, 5) is 33.2. The van der Waals surface area contributed by atoms with E-state index in [1.54, 1.807) is 6.07 Å². The number of anilines is 1. The second kappa shape index (κ2) is 11.2. The predicted molar refractivity (Wildman–Crippen MR) is 136 cm³/mol. The molecule has 12 heteroatoms. The molecule has 1 saturated heterocycles. The second-order valence-corrected chi connectivity index (χ2v) is 10.0. The average molecular weight is 542 g/mol. The number of hydrogen-bond donors (Lipinski definition) is 2. The molecule has 0 bridgehead atoms. The number of nitrogens with one attached hydrogen (secondary N) is 2. The van der Waals surface area contributed by atoms with Gasteiger partial charge in [0.2, 0.25) is 0 Å². The number of likely N-dealkylation sites (N-methyl/N-ethyl adjacent to an activating group) is 1. The van der Waals surface area contributed by atoms with Gasteiger partial charge in [0, 0.05) is 24.7 Å². The van der Waals surface area contributed by atoms with Crippen LogP contribution >= 0.6 is 23.2 Å². The molecule has 0 radical (unpaired) electrons. The van der Waals surface area contributed by atoms with Gasteiger partial charge in [-0.15, -0.1) is 0 Å². The Balaban J connectivity index is 1.64. The molecule has 1 aromatic carbocycles. The lowest BCUT2D eigenvalue weighted by molar-refractivity contribution is -0.0423. The van der Waals surface area contributed by atoms with Gasteiger partial charge in [-0.1, -0.05) is 23.2 Å². The quantitative estimate of drug-likeness (QED) is 0.405. The van der Waals surface area contributed by atoms with E-state index in [4.69, 9.17) is 32.7 Å². The maximum atomic E-state index is 14.7. The van der Waals surface area contributed by atoms with Crippen LogP contribution in [0.1, 0.15) is 48.4 Å². The van der Waals surface area contributed by atoms with Crippen molar-refractivity contribution >= 4 is 40.8 Å². The summed E-state index contributed by atoms with van der Waals surface area (Å²) in [5.41, 5.74) is 4.09. The number of carbonyl (C=O) groups is 2. The van der Waals surface area contributed by atoms with Gasteiger partial charge in [0.25, 0.3) is 11.8 Å². The van der Waals surface area contributed by atoms with E-state index in [1.807, 2.05) is 51.6 Å². The third-order valence-electron chi connectivity index (χ3n) is 6.19. The molecule has 1 fully saturated rings. The number of pyridine rings is 1. The van der Waals surface area contributed by atoms with Crippen molar-refractivity contribution in [3.05, 3.63) is 51.4 Å². The highest BCUT2D eigenvalue weighted by atomic mass is 35.5. The van der Waals surface area contributed by atoms with Gasteiger partial charge >= 0.3 is 0 Å². The Hall–Kier alpha value is -2.66. The molecular weight excluding hydrogens is 512 g/mol. The Kier molecular flexibility index (Phi) is 8.66. The molecule has 1 aliphatic heterocycles. The molecule has 0 saturated carbocycles. The Morgan fingerprint density at radius 2 is 1.92 bits per heavy atom. The summed E-state index contributed by atoms with van der Waals surface area (Å²) in [5.74, 6) is -1.79. The van der Waals surface area contributed by atoms with Crippen molar-refractivity contribution in [2.45, 2.75) is 45.5 Å². The molecule has 2 amide bonds. The number of halogens is 3. The number of aromatic nitrogens is 1. The van der Waals surface area contributed by atoms with Crippen LogP contribution in [0, 0.1) is 5.82 Å². The smallest absolute Gasteiger partial charge is 0.271 e. The van der Waals surface area contributed by atoms with E-state index < -0.39 is 23.4 Å². The van der Waals surface area contributed by atoms with Crippen LogP contribution in [0.5, 0.6) is 5.75 Å². The number of hydrogen-bond acceptors (Lipinski definition) is 7. The second-order valence-electron chi connectivity index (χ2n) is 9.25. The minimum absolute atomic E-state index is 0.0395. The molecule has 2 N–H and O–H groups in total. The van der Waals surface area contributed by atoms with Gasteiger partial charge in [-0.05, 0) is 52.9 Å². The van der Waals surface area contributed by atoms with Crippen LogP contribution in [0.2, 0.25) is 10.2 Å². The lowest BCUT2D eigenvalue weighted by atomic mass is 10.2. The third kappa shape index (κ3) is 6.36. The lowest BCUT2D eigenvalue weighted by Crippen LogP contribution is -2.43. The molecule has 36 heavy (non-hydrogen) atoms. The summed E-state index contributed by atoms with van der Waals surface area (Å²) < 4.78 is 26.0. The van der Waals surface area contributed by atoms with Gasteiger partial charge < -0.3 is 14.4 Å². The van der Waals surface area contributed by atoms with E-state index >= 15 is 0 Å². The van der Waals surface area contributed by atoms with Crippen LogP contribution in [0.15, 0.2) is 24.3 Å². The monoisotopic (exact) mass is 541 g/mol. The highest BCUT2D eigenvalue weighted by Gasteiger charge is 2.38. The van der Waals surface area contributed by atoms with Crippen LogP contribution in [0.4, 0.5) is 10.2 Å². The standard InChI is InChI=1S/C24H30Cl2FN5O4/c1-13(2)31(5)21-8-14(7-20(26)28-21)22(33)29-30-23(34)16-9-18(27)19(10-17(16)25)35-11-15-12-36-24(3,4)32(15)6/h7-10,13,15H,11-12H2,1-6H3,(H,29,33)(H,30,34). The van der Waals surface area contributed by atoms with Gasteiger partial charge in [-0.3, -0.25) is 25.3 Å². The zero-order valence-electron chi connectivity index (χ0n) is 21.0. The molecule has 1 aliphatic rings. The fourth-order valence-electron chi connectivity index (χ4n) is 3.42. The Morgan fingerprint density at radius 3 is 2.53 bits per heavy atom. The maximum absolute atomic E-state index is 14.7. The summed E-state index contributed by atoms with van der Waals surface area (Å²) in [6.07, 6.45) is 0. The van der Waals surface area contributed by atoms with Gasteiger partial charge in [0.1, 0.15) is 23.3 Å². The topological polar surface area (TPSA) is 96.0 Å². The van der Waals surface area contributed by atoms with E-state index in [-0.39, 0.29) is 45.7 Å². The van der Waals surface area contributed by atoms with Crippen molar-refractivity contribution in [1.82, 2.24) is 20.7 Å². The Bertz CT molecular complexity index is 1150. The number of amides is 2. The molecule has 196 valence electrons. The van der Waals surface area contributed by atoms with Crippen LogP contribution < -0.4 is 20.5 Å². The summed E-state index contributed by atoms with van der Waals surface area (Å²) in [7, 11) is 3.71. The van der Waals surface area contributed by atoms with Crippen molar-refractivity contribution < 1.29 is 23.5 Å². The fraction of sp³-hybridized carbons (Fsp3) is 0.458. The maximum Gasteiger partial charge on any atom is 0.271 e. The summed E-state index contributed by atoms with van der Waals surface area (Å²) in [5, 5.41) is 0.0819. The number of ether oxygens (including phenoxy) is 2. The highest BCUT2D eigenvalue weighted by molar-refractivity contribution is 6.34. The molecular formula is C24H30Cl2FN5O4. The number of hydrazine groups is 1. The number of nitrogens with zero attached hydrogens (tertiary/aromatic N) is 3. The third-order valence-corrected chi connectivity index (χ3v) is 6.70. The molecule has 0 aliphatic carbocycles. The first-order valence-corrected chi connectivity index (χ1v) is 12.1. The normalized spacial score (nSPS) is 17.2. The van der Waals surface area contributed by atoms with Gasteiger partial charge in [-0.2, -0.15) is 0 Å². The van der Waals surface area contributed by atoms with Crippen molar-refractivity contribution in [2.75, 3.05) is 32.2 Å². The zero-order chi connectivity index (χ0) is 26.8. The molecule has 3 rings (SSSR count). The molecule has 9 nitrogen and oxygen atoms in total. The molecule has 2 heterocycles. The van der Waals surface area contributed by atoms with E-state index in [0.29, 0.717) is 12.4 Å². The van der Waals surface area contributed by atoms with Crippen LogP contribution in [-0.2, 0) is 4.74 Å². The van der Waals surface area contributed by atoms with Crippen molar-refractivity contribution in [1.29, 1.82) is 0 Å². The minimum atomic E-state index is -0.802. The van der Waals surface area contributed by atoms with Crippen molar-refractivity contribution in [3.63, 3.8) is 0 Å².